The first kappa shape index (κ1) is 25.1. The van der Waals surface area contributed by atoms with Gasteiger partial charge in [-0.3, -0.25) is 4.79 Å². The van der Waals surface area contributed by atoms with Gasteiger partial charge in [0.25, 0.3) is 0 Å². The Hall–Kier alpha value is -3.15. The van der Waals surface area contributed by atoms with Gasteiger partial charge in [-0.25, -0.2) is 0 Å². The van der Waals surface area contributed by atoms with Gasteiger partial charge in [0, 0.05) is 11.6 Å². The SMILES string of the molecule is O=c1c(C2CCCCC2)c(C2COCC(CC3=CC=CCC3)O2)oc2cc(OCc3ccccc3)ccc12. The van der Waals surface area contributed by atoms with Crippen LogP contribution in [0.1, 0.15) is 80.3 Å². The van der Waals surface area contributed by atoms with E-state index in [-0.39, 0.29) is 17.5 Å². The summed E-state index contributed by atoms with van der Waals surface area (Å²) < 4.78 is 25.3. The Morgan fingerprint density at radius 1 is 0.974 bits per heavy atom. The molecule has 0 radical (unpaired) electrons. The van der Waals surface area contributed by atoms with E-state index in [1.54, 1.807) is 0 Å². The highest BCUT2D eigenvalue weighted by atomic mass is 16.6. The van der Waals surface area contributed by atoms with Gasteiger partial charge < -0.3 is 18.6 Å². The van der Waals surface area contributed by atoms with Gasteiger partial charge in [0.05, 0.1) is 24.7 Å². The van der Waals surface area contributed by atoms with Crippen LogP contribution in [0.2, 0.25) is 0 Å². The van der Waals surface area contributed by atoms with Crippen molar-refractivity contribution >= 4 is 11.0 Å². The molecule has 198 valence electrons. The van der Waals surface area contributed by atoms with Gasteiger partial charge in [0.2, 0.25) is 0 Å². The second-order valence-corrected chi connectivity index (χ2v) is 10.8. The van der Waals surface area contributed by atoms with Crippen molar-refractivity contribution in [3.63, 3.8) is 0 Å². The molecule has 5 nitrogen and oxygen atoms in total. The normalized spacial score (nSPS) is 22.4. The molecular weight excluding hydrogens is 476 g/mol. The first-order valence-corrected chi connectivity index (χ1v) is 14.1. The van der Waals surface area contributed by atoms with E-state index in [1.807, 2.05) is 48.5 Å². The van der Waals surface area contributed by atoms with E-state index in [0.717, 1.165) is 56.1 Å². The second-order valence-electron chi connectivity index (χ2n) is 10.8. The summed E-state index contributed by atoms with van der Waals surface area (Å²) in [6, 6.07) is 15.6. The number of allylic oxidation sites excluding steroid dienone is 3. The predicted octanol–water partition coefficient (Wildman–Crippen LogP) is 7.54. The van der Waals surface area contributed by atoms with Crippen LogP contribution in [0.15, 0.2) is 81.5 Å². The van der Waals surface area contributed by atoms with Gasteiger partial charge in [0.1, 0.15) is 29.8 Å². The van der Waals surface area contributed by atoms with Crippen molar-refractivity contribution < 1.29 is 18.6 Å². The molecule has 3 aliphatic rings. The Bertz CT molecular complexity index is 1360. The average Bonchev–Trinajstić information content (AvgIpc) is 2.97. The third kappa shape index (κ3) is 5.64. The van der Waals surface area contributed by atoms with Crippen LogP contribution in [0.4, 0.5) is 0 Å². The molecule has 5 heteroatoms. The maximum absolute atomic E-state index is 14.0. The lowest BCUT2D eigenvalue weighted by molar-refractivity contribution is -0.146. The molecule has 1 aliphatic heterocycles. The maximum Gasteiger partial charge on any atom is 0.196 e. The molecule has 1 aromatic heterocycles. The van der Waals surface area contributed by atoms with Crippen molar-refractivity contribution in [2.45, 2.75) is 76.1 Å². The Morgan fingerprint density at radius 3 is 2.66 bits per heavy atom. The van der Waals surface area contributed by atoms with E-state index >= 15 is 0 Å². The molecule has 2 heterocycles. The molecule has 0 amide bonds. The first-order chi connectivity index (χ1) is 18.7. The van der Waals surface area contributed by atoms with Gasteiger partial charge in [-0.1, -0.05) is 73.4 Å². The van der Waals surface area contributed by atoms with Gasteiger partial charge >= 0.3 is 0 Å². The summed E-state index contributed by atoms with van der Waals surface area (Å²) in [5, 5.41) is 0.605. The third-order valence-electron chi connectivity index (χ3n) is 8.00. The number of hydrogen-bond acceptors (Lipinski definition) is 5. The summed E-state index contributed by atoms with van der Waals surface area (Å²) in [5.74, 6) is 1.53. The van der Waals surface area contributed by atoms with Gasteiger partial charge in [-0.15, -0.1) is 0 Å². The largest absolute Gasteiger partial charge is 0.489 e. The zero-order valence-electron chi connectivity index (χ0n) is 21.9. The minimum atomic E-state index is -0.392. The fourth-order valence-electron chi connectivity index (χ4n) is 6.03. The zero-order chi connectivity index (χ0) is 25.7. The van der Waals surface area contributed by atoms with Crippen LogP contribution < -0.4 is 10.2 Å². The van der Waals surface area contributed by atoms with E-state index in [2.05, 4.69) is 18.2 Å². The van der Waals surface area contributed by atoms with Crippen molar-refractivity contribution in [3.05, 3.63) is 99.4 Å². The number of hydrogen-bond donors (Lipinski definition) is 0. The summed E-state index contributed by atoms with van der Waals surface area (Å²) in [6.45, 7) is 1.41. The molecule has 2 unspecified atom stereocenters. The fourth-order valence-corrected chi connectivity index (χ4v) is 6.03. The smallest absolute Gasteiger partial charge is 0.196 e. The van der Waals surface area contributed by atoms with Crippen LogP contribution in [0, 0.1) is 0 Å². The number of rotatable bonds is 7. The molecule has 38 heavy (non-hydrogen) atoms. The predicted molar refractivity (Wildman–Crippen MR) is 149 cm³/mol. The molecule has 2 aliphatic carbocycles. The van der Waals surface area contributed by atoms with Crippen molar-refractivity contribution in [1.82, 2.24) is 0 Å². The Kier molecular flexibility index (Phi) is 7.75. The number of benzene rings is 2. The van der Waals surface area contributed by atoms with Crippen LogP contribution in [0.3, 0.4) is 0 Å². The van der Waals surface area contributed by atoms with Crippen LogP contribution in [0.5, 0.6) is 5.75 Å². The lowest BCUT2D eigenvalue weighted by Crippen LogP contribution is -2.33. The van der Waals surface area contributed by atoms with Crippen molar-refractivity contribution in [1.29, 1.82) is 0 Å². The van der Waals surface area contributed by atoms with E-state index < -0.39 is 6.10 Å². The number of ether oxygens (including phenoxy) is 3. The standard InChI is InChI=1S/C33H36O5/c34-32-28-17-16-26(36-20-24-12-6-2-7-13-24)19-29(28)38-33(31(32)25-14-8-3-9-15-25)30-22-35-21-27(37-30)18-23-10-4-1-5-11-23/h1-2,4,6-7,10,12-13,16-17,19,25,27,30H,3,5,8-9,11,14-15,18,20-22H2. The monoisotopic (exact) mass is 512 g/mol. The number of fused-ring (bicyclic) bond motifs is 1. The summed E-state index contributed by atoms with van der Waals surface area (Å²) in [6.07, 6.45) is 14.6. The maximum atomic E-state index is 14.0. The molecule has 1 saturated carbocycles. The molecule has 0 bridgehead atoms. The Balaban J connectivity index is 1.32. The third-order valence-corrected chi connectivity index (χ3v) is 8.00. The molecular formula is C33H36O5. The molecule has 0 spiro atoms. The van der Waals surface area contributed by atoms with Crippen molar-refractivity contribution in [2.75, 3.05) is 13.2 Å². The van der Waals surface area contributed by atoms with Crippen LogP contribution in [-0.4, -0.2) is 19.3 Å². The van der Waals surface area contributed by atoms with E-state index in [4.69, 9.17) is 18.6 Å². The molecule has 2 atom stereocenters. The summed E-state index contributed by atoms with van der Waals surface area (Å²) >= 11 is 0. The minimum absolute atomic E-state index is 0.0488. The molecule has 0 N–H and O–H groups in total. The Labute approximate surface area is 224 Å². The summed E-state index contributed by atoms with van der Waals surface area (Å²) in [4.78, 5) is 14.0. The highest BCUT2D eigenvalue weighted by Gasteiger charge is 2.33. The average molecular weight is 513 g/mol. The van der Waals surface area contributed by atoms with Crippen LogP contribution in [-0.2, 0) is 16.1 Å². The van der Waals surface area contributed by atoms with Gasteiger partial charge in [-0.05, 0) is 55.7 Å². The van der Waals surface area contributed by atoms with Crippen LogP contribution in [0.25, 0.3) is 11.0 Å². The van der Waals surface area contributed by atoms with Gasteiger partial charge in [0.15, 0.2) is 5.43 Å². The zero-order valence-corrected chi connectivity index (χ0v) is 21.9. The molecule has 1 saturated heterocycles. The van der Waals surface area contributed by atoms with E-state index in [9.17, 15) is 4.79 Å². The Morgan fingerprint density at radius 2 is 1.84 bits per heavy atom. The first-order valence-electron chi connectivity index (χ1n) is 14.1. The second kappa shape index (κ2) is 11.7. The van der Waals surface area contributed by atoms with Gasteiger partial charge in [-0.2, -0.15) is 0 Å². The molecule has 2 fully saturated rings. The fraction of sp³-hybridized carbons (Fsp3) is 0.424. The topological polar surface area (TPSA) is 57.9 Å². The van der Waals surface area contributed by atoms with Crippen molar-refractivity contribution in [2.24, 2.45) is 0 Å². The molecule has 2 aromatic carbocycles. The highest BCUT2D eigenvalue weighted by molar-refractivity contribution is 5.79. The lowest BCUT2D eigenvalue weighted by atomic mass is 9.82. The van der Waals surface area contributed by atoms with E-state index in [0.29, 0.717) is 42.3 Å². The highest BCUT2D eigenvalue weighted by Crippen LogP contribution is 2.39. The lowest BCUT2D eigenvalue weighted by Gasteiger charge is -2.32. The molecule has 3 aromatic rings. The minimum Gasteiger partial charge on any atom is -0.489 e. The summed E-state index contributed by atoms with van der Waals surface area (Å²) in [7, 11) is 0. The van der Waals surface area contributed by atoms with Crippen molar-refractivity contribution in [3.8, 4) is 5.75 Å². The molecule has 6 rings (SSSR count). The quantitative estimate of drug-likeness (QED) is 0.327. The summed E-state index contributed by atoms with van der Waals surface area (Å²) in [5.41, 5.74) is 3.87. The van der Waals surface area contributed by atoms with E-state index in [1.165, 1.54) is 12.0 Å². The van der Waals surface area contributed by atoms with Crippen LogP contribution >= 0.6 is 0 Å².